The van der Waals surface area contributed by atoms with Crippen molar-refractivity contribution in [2.45, 2.75) is 0 Å². The van der Waals surface area contributed by atoms with E-state index in [-0.39, 0.29) is 0 Å². The molecule has 0 spiro atoms. The summed E-state index contributed by atoms with van der Waals surface area (Å²) in [6.45, 7) is 0. The first kappa shape index (κ1) is 58.1. The van der Waals surface area contributed by atoms with Gasteiger partial charge in [0, 0.05) is 65.7 Å². The molecule has 4 heteroatoms. The number of para-hydroxylation sites is 5. The molecule has 0 aliphatic carbocycles. The highest BCUT2D eigenvalue weighted by atomic mass is 15.0. The number of hydrogen-bond acceptors (Lipinski definition) is 0. The molecular weight excluding hydrogens is 1210 g/mol. The summed E-state index contributed by atoms with van der Waals surface area (Å²) in [5.74, 6) is 0. The van der Waals surface area contributed by atoms with Crippen LogP contribution in [0.5, 0.6) is 0 Å². The topological polar surface area (TPSA) is 19.7 Å². The average molecular weight is 1270 g/mol. The second-order valence-electron chi connectivity index (χ2n) is 26.0. The zero-order valence-corrected chi connectivity index (χ0v) is 54.7. The Bertz CT molecular complexity index is 6470. The quantitative estimate of drug-likeness (QED) is 0.130. The molecule has 4 aromatic heterocycles. The molecule has 0 amide bonds. The fourth-order valence-corrected chi connectivity index (χ4v) is 15.6. The van der Waals surface area contributed by atoms with Gasteiger partial charge in [0.1, 0.15) is 0 Å². The van der Waals surface area contributed by atoms with Crippen LogP contribution in [-0.2, 0) is 0 Å². The van der Waals surface area contributed by atoms with Crippen molar-refractivity contribution in [3.63, 3.8) is 0 Å². The number of rotatable bonds is 10. The second kappa shape index (κ2) is 24.4. The smallest absolute Gasteiger partial charge is 0.0541 e. The minimum absolute atomic E-state index is 1.16. The summed E-state index contributed by atoms with van der Waals surface area (Å²) in [6, 6.07) is 141. The molecule has 0 N–H and O–H groups in total. The summed E-state index contributed by atoms with van der Waals surface area (Å²) in [6.07, 6.45) is 0. The van der Waals surface area contributed by atoms with Gasteiger partial charge in [-0.3, -0.25) is 0 Å². The lowest BCUT2D eigenvalue weighted by Crippen LogP contribution is -1.97. The minimum atomic E-state index is 1.16. The Hall–Kier alpha value is -13.3. The lowest BCUT2D eigenvalue weighted by Gasteiger charge is -2.14. The number of hydrogen-bond donors (Lipinski definition) is 0. The monoisotopic (exact) mass is 1270 g/mol. The fraction of sp³-hybridized carbons (Fsp3) is 0. The van der Waals surface area contributed by atoms with Crippen LogP contribution in [0.1, 0.15) is 0 Å². The Balaban J connectivity index is 0.000000139. The van der Waals surface area contributed by atoms with Gasteiger partial charge in [-0.1, -0.05) is 273 Å². The zero-order chi connectivity index (χ0) is 66.0. The van der Waals surface area contributed by atoms with Crippen LogP contribution in [0.3, 0.4) is 0 Å². The zero-order valence-electron chi connectivity index (χ0n) is 54.7. The van der Waals surface area contributed by atoms with Gasteiger partial charge in [0.05, 0.1) is 49.8 Å². The Morgan fingerprint density at radius 3 is 0.790 bits per heavy atom. The van der Waals surface area contributed by atoms with Crippen LogP contribution < -0.4 is 0 Å². The van der Waals surface area contributed by atoms with Crippen molar-refractivity contribution in [1.82, 2.24) is 18.3 Å². The molecule has 16 aromatic carbocycles. The van der Waals surface area contributed by atoms with Gasteiger partial charge in [0.2, 0.25) is 0 Å². The van der Waals surface area contributed by atoms with Gasteiger partial charge in [0.15, 0.2) is 0 Å². The number of aromatic nitrogens is 4. The molecule has 20 aromatic rings. The Morgan fingerprint density at radius 1 is 0.130 bits per heavy atom. The van der Waals surface area contributed by atoms with E-state index in [1.807, 2.05) is 0 Å². The van der Waals surface area contributed by atoms with Crippen molar-refractivity contribution >= 4 is 87.2 Å². The molecule has 20 rings (SSSR count). The first-order valence-electron chi connectivity index (χ1n) is 34.4. The van der Waals surface area contributed by atoms with Gasteiger partial charge >= 0.3 is 0 Å². The second-order valence-corrected chi connectivity index (χ2v) is 26.0. The van der Waals surface area contributed by atoms with Crippen LogP contribution in [0, 0.1) is 0 Å². The Kier molecular flexibility index (Phi) is 14.2. The Labute approximate surface area is 579 Å². The maximum atomic E-state index is 2.43. The molecule has 0 saturated heterocycles. The summed E-state index contributed by atoms with van der Waals surface area (Å²) < 4.78 is 9.62. The third-order valence-electron chi connectivity index (χ3n) is 20.3. The van der Waals surface area contributed by atoms with Crippen molar-refractivity contribution in [2.24, 2.45) is 0 Å². The van der Waals surface area contributed by atoms with E-state index in [9.17, 15) is 0 Å². The van der Waals surface area contributed by atoms with E-state index in [2.05, 4.69) is 407 Å². The fourth-order valence-electron chi connectivity index (χ4n) is 15.6. The SMILES string of the molecule is c1ccc(-c2ccc(-n3c4ccccc4c4cc(-c5ccc6c(c5)c5ccccc5n6-c5cccc(-c6ccccc6)c5)ccc43)cc2)cc1.c1ccc(-c2ccc(-n3c4ccccc4c4cc(-c5ccc6c(c5)c5ccccc5n6-c5ccccc5-c5ccccc5)ccc43)cc2)cc1. The predicted octanol–water partition coefficient (Wildman–Crippen LogP) is 25.8. The molecule has 0 aliphatic heterocycles. The summed E-state index contributed by atoms with van der Waals surface area (Å²) >= 11 is 0. The molecule has 0 radical (unpaired) electrons. The van der Waals surface area contributed by atoms with E-state index in [0.29, 0.717) is 0 Å². The highest BCUT2D eigenvalue weighted by Gasteiger charge is 2.21. The predicted molar refractivity (Wildman–Crippen MR) is 423 cm³/mol. The van der Waals surface area contributed by atoms with Crippen LogP contribution >= 0.6 is 0 Å². The molecule has 100 heavy (non-hydrogen) atoms. The minimum Gasteiger partial charge on any atom is -0.309 e. The number of nitrogens with zero attached hydrogens (tertiary/aromatic N) is 4. The third-order valence-corrected chi connectivity index (χ3v) is 20.3. The summed E-state index contributed by atoms with van der Waals surface area (Å²) in [4.78, 5) is 0. The lowest BCUT2D eigenvalue weighted by atomic mass is 10.0. The van der Waals surface area contributed by atoms with Crippen molar-refractivity contribution in [1.29, 1.82) is 0 Å². The molecular formula is C96H64N4. The molecule has 0 bridgehead atoms. The van der Waals surface area contributed by atoms with E-state index in [1.54, 1.807) is 0 Å². The largest absolute Gasteiger partial charge is 0.309 e. The number of fused-ring (bicyclic) bond motifs is 12. The van der Waals surface area contributed by atoms with E-state index in [4.69, 9.17) is 0 Å². The maximum absolute atomic E-state index is 2.43. The molecule has 0 saturated carbocycles. The lowest BCUT2D eigenvalue weighted by molar-refractivity contribution is 1.18. The van der Waals surface area contributed by atoms with Gasteiger partial charge in [-0.05, 0) is 176 Å². The van der Waals surface area contributed by atoms with Crippen molar-refractivity contribution in [2.75, 3.05) is 0 Å². The van der Waals surface area contributed by atoms with Crippen LogP contribution in [0.2, 0.25) is 0 Å². The van der Waals surface area contributed by atoms with Gasteiger partial charge in [-0.15, -0.1) is 0 Å². The summed E-state index contributed by atoms with van der Waals surface area (Å²) in [7, 11) is 0. The molecule has 0 fully saturated rings. The molecule has 468 valence electrons. The molecule has 0 unspecified atom stereocenters. The summed E-state index contributed by atoms with van der Waals surface area (Å²) in [5, 5.41) is 10.0. The van der Waals surface area contributed by atoms with Crippen LogP contribution in [0.4, 0.5) is 0 Å². The van der Waals surface area contributed by atoms with Crippen molar-refractivity contribution in [3.05, 3.63) is 388 Å². The molecule has 0 atom stereocenters. The average Bonchev–Trinajstić information content (AvgIpc) is 1.60. The molecule has 4 heterocycles. The van der Waals surface area contributed by atoms with Crippen LogP contribution in [-0.4, -0.2) is 18.3 Å². The first-order valence-corrected chi connectivity index (χ1v) is 34.4. The standard InChI is InChI=1S/2C48H32N2/c1-3-13-33(14-4-1)34-23-27-38(28-24-34)49-45-21-11-8-18-40(45)42-31-36(25-29-47(42)49)37-26-30-48-43(32-37)41-19-9-12-22-46(41)50(48)44-20-10-7-17-39(44)35-15-5-2-6-16-35;1-3-12-33(13-4-1)35-22-26-39(27-23-35)49-45-20-9-7-18-41(45)43-31-37(24-28-47(43)49)38-25-29-48-44(32-38)42-19-8-10-21-46(42)50(48)40-17-11-16-36(30-40)34-14-5-2-6-15-34/h2*1-32H. The van der Waals surface area contributed by atoms with E-state index in [1.165, 1.54) is 160 Å². The van der Waals surface area contributed by atoms with E-state index >= 15 is 0 Å². The van der Waals surface area contributed by atoms with Crippen molar-refractivity contribution in [3.8, 4) is 89.5 Å². The third kappa shape index (κ3) is 10.00. The normalized spacial score (nSPS) is 11.6. The van der Waals surface area contributed by atoms with Gasteiger partial charge in [-0.25, -0.2) is 0 Å². The summed E-state index contributed by atoms with van der Waals surface area (Å²) in [5.41, 5.74) is 28.9. The first-order chi connectivity index (χ1) is 49.6. The van der Waals surface area contributed by atoms with E-state index < -0.39 is 0 Å². The van der Waals surface area contributed by atoms with Crippen LogP contribution in [0.15, 0.2) is 388 Å². The highest BCUT2D eigenvalue weighted by molar-refractivity contribution is 6.15. The Morgan fingerprint density at radius 2 is 0.390 bits per heavy atom. The molecule has 0 aliphatic rings. The highest BCUT2D eigenvalue weighted by Crippen LogP contribution is 2.43. The number of benzene rings is 16. The van der Waals surface area contributed by atoms with E-state index in [0.717, 1.165) is 17.1 Å². The van der Waals surface area contributed by atoms with Gasteiger partial charge in [0.25, 0.3) is 0 Å². The van der Waals surface area contributed by atoms with Crippen molar-refractivity contribution < 1.29 is 0 Å². The van der Waals surface area contributed by atoms with Crippen LogP contribution in [0.25, 0.3) is 177 Å². The van der Waals surface area contributed by atoms with Gasteiger partial charge < -0.3 is 18.3 Å². The maximum Gasteiger partial charge on any atom is 0.0541 e. The van der Waals surface area contributed by atoms with Gasteiger partial charge in [-0.2, -0.15) is 0 Å². The molecule has 4 nitrogen and oxygen atoms in total.